The minimum Gasteiger partial charge on any atom is -0.496 e. The van der Waals surface area contributed by atoms with Crippen LogP contribution in [0.15, 0.2) is 42.5 Å². The molecule has 0 aliphatic carbocycles. The number of hydrogen-bond acceptors (Lipinski definition) is 4. The summed E-state index contributed by atoms with van der Waals surface area (Å²) in [5, 5.41) is 10.1. The number of amidine groups is 1. The van der Waals surface area contributed by atoms with Gasteiger partial charge < -0.3 is 20.5 Å². The number of carbonyl (C=O) groups excluding carboxylic acids is 1. The third kappa shape index (κ3) is 4.33. The van der Waals surface area contributed by atoms with Gasteiger partial charge >= 0.3 is 0 Å². The van der Waals surface area contributed by atoms with E-state index in [-0.39, 0.29) is 23.7 Å². The molecule has 1 amide bonds. The molecule has 2 aromatic carbocycles. The van der Waals surface area contributed by atoms with Gasteiger partial charge in [-0.05, 0) is 17.7 Å². The first-order chi connectivity index (χ1) is 12.0. The maximum absolute atomic E-state index is 14.1. The molecular formula is C18H20FN3O3. The first-order valence-electron chi connectivity index (χ1n) is 7.54. The van der Waals surface area contributed by atoms with Crippen molar-refractivity contribution in [3.8, 4) is 5.75 Å². The first-order valence-corrected chi connectivity index (χ1v) is 7.54. The summed E-state index contributed by atoms with van der Waals surface area (Å²) in [4.78, 5) is 12.4. The maximum Gasteiger partial charge on any atom is 0.254 e. The van der Waals surface area contributed by atoms with Crippen molar-refractivity contribution >= 4 is 11.7 Å². The number of carbonyl (C=O) groups is 1. The smallest absolute Gasteiger partial charge is 0.254 e. The number of benzene rings is 2. The summed E-state index contributed by atoms with van der Waals surface area (Å²) in [6.07, 6.45) is -1.13. The minimum atomic E-state index is -1.13. The summed E-state index contributed by atoms with van der Waals surface area (Å²) in [6.45, 7) is 0.230. The van der Waals surface area contributed by atoms with E-state index in [0.29, 0.717) is 5.56 Å². The van der Waals surface area contributed by atoms with Crippen LogP contribution in [-0.4, -0.2) is 26.0 Å². The van der Waals surface area contributed by atoms with E-state index < -0.39 is 17.8 Å². The number of amides is 1. The third-order valence-corrected chi connectivity index (χ3v) is 3.70. The Morgan fingerprint density at radius 2 is 1.92 bits per heavy atom. The topological polar surface area (TPSA) is 97.4 Å². The van der Waals surface area contributed by atoms with Crippen molar-refractivity contribution in [2.75, 3.05) is 14.2 Å². The Morgan fingerprint density at radius 1 is 1.24 bits per heavy atom. The Labute approximate surface area is 145 Å². The summed E-state index contributed by atoms with van der Waals surface area (Å²) in [5.41, 5.74) is 6.86. The highest BCUT2D eigenvalue weighted by Gasteiger charge is 2.26. The molecular weight excluding hydrogens is 325 g/mol. The molecule has 2 aromatic rings. The van der Waals surface area contributed by atoms with Crippen LogP contribution in [0.25, 0.3) is 0 Å². The Kier molecular flexibility index (Phi) is 6.08. The quantitative estimate of drug-likeness (QED) is 0.529. The molecule has 4 N–H and O–H groups in total. The van der Waals surface area contributed by atoms with Gasteiger partial charge in [-0.2, -0.15) is 0 Å². The van der Waals surface area contributed by atoms with Crippen LogP contribution in [0.4, 0.5) is 4.39 Å². The third-order valence-electron chi connectivity index (χ3n) is 3.70. The number of hydrogen-bond donors (Lipinski definition) is 3. The molecule has 6 nitrogen and oxygen atoms in total. The average molecular weight is 345 g/mol. The molecule has 25 heavy (non-hydrogen) atoms. The van der Waals surface area contributed by atoms with Crippen molar-refractivity contribution in [2.24, 2.45) is 5.73 Å². The van der Waals surface area contributed by atoms with Crippen molar-refractivity contribution in [3.05, 3.63) is 65.0 Å². The van der Waals surface area contributed by atoms with Gasteiger partial charge in [0.1, 0.15) is 17.4 Å². The second-order valence-electron chi connectivity index (χ2n) is 5.30. The predicted octanol–water partition coefficient (Wildman–Crippen LogP) is 2.12. The molecule has 0 heterocycles. The molecule has 132 valence electrons. The monoisotopic (exact) mass is 345 g/mol. The van der Waals surface area contributed by atoms with Gasteiger partial charge in [0.25, 0.3) is 5.91 Å². The maximum atomic E-state index is 14.1. The molecule has 0 spiro atoms. The number of nitrogen functional groups attached to an aromatic ring is 1. The summed E-state index contributed by atoms with van der Waals surface area (Å²) < 4.78 is 24.5. The van der Waals surface area contributed by atoms with Gasteiger partial charge in [-0.15, -0.1) is 0 Å². The van der Waals surface area contributed by atoms with E-state index >= 15 is 0 Å². The largest absolute Gasteiger partial charge is 0.496 e. The number of rotatable bonds is 7. The summed E-state index contributed by atoms with van der Waals surface area (Å²) in [7, 11) is 2.73. The number of ether oxygens (including phenoxy) is 2. The second kappa shape index (κ2) is 8.25. The van der Waals surface area contributed by atoms with E-state index in [1.807, 2.05) is 0 Å². The summed E-state index contributed by atoms with van der Waals surface area (Å²) >= 11 is 0. The van der Waals surface area contributed by atoms with Crippen molar-refractivity contribution in [1.82, 2.24) is 5.32 Å². The van der Waals surface area contributed by atoms with Gasteiger partial charge in [0.2, 0.25) is 0 Å². The fourth-order valence-corrected chi connectivity index (χ4v) is 2.39. The standard InChI is InChI=1S/C18H20FN3O3/c1-24-14-5-3-4-13(19)15(14)16(25-2)18(23)22-10-11-6-8-12(9-7-11)17(20)21/h3-9,16H,10H2,1-2H3,(H3,20,21)(H,22,23)/t16-/m0/s1. The van der Waals surface area contributed by atoms with Crippen LogP contribution in [0.5, 0.6) is 5.75 Å². The van der Waals surface area contributed by atoms with Crippen LogP contribution >= 0.6 is 0 Å². The molecule has 0 radical (unpaired) electrons. The highest BCUT2D eigenvalue weighted by Crippen LogP contribution is 2.30. The lowest BCUT2D eigenvalue weighted by Gasteiger charge is -2.19. The van der Waals surface area contributed by atoms with Crippen molar-refractivity contribution in [2.45, 2.75) is 12.6 Å². The van der Waals surface area contributed by atoms with Crippen LogP contribution in [0.3, 0.4) is 0 Å². The second-order valence-corrected chi connectivity index (χ2v) is 5.30. The van der Waals surface area contributed by atoms with E-state index in [0.717, 1.165) is 5.56 Å². The van der Waals surface area contributed by atoms with E-state index in [4.69, 9.17) is 20.6 Å². The van der Waals surface area contributed by atoms with E-state index in [9.17, 15) is 9.18 Å². The molecule has 7 heteroatoms. The van der Waals surface area contributed by atoms with Crippen molar-refractivity contribution in [1.29, 1.82) is 5.41 Å². The summed E-state index contributed by atoms with van der Waals surface area (Å²) in [5.74, 6) is -0.844. The number of methoxy groups -OCH3 is 2. The van der Waals surface area contributed by atoms with E-state index in [1.165, 1.54) is 26.4 Å². The van der Waals surface area contributed by atoms with Crippen LogP contribution in [0.2, 0.25) is 0 Å². The molecule has 0 fully saturated rings. The lowest BCUT2D eigenvalue weighted by atomic mass is 10.1. The number of nitrogens with one attached hydrogen (secondary N) is 2. The van der Waals surface area contributed by atoms with Gasteiger partial charge in [-0.1, -0.05) is 30.3 Å². The molecule has 0 aromatic heterocycles. The predicted molar refractivity (Wildman–Crippen MR) is 92.0 cm³/mol. The summed E-state index contributed by atoms with van der Waals surface area (Å²) in [6, 6.07) is 11.2. The van der Waals surface area contributed by atoms with Crippen LogP contribution in [-0.2, 0) is 16.1 Å². The first kappa shape index (κ1) is 18.4. The molecule has 0 aliphatic rings. The van der Waals surface area contributed by atoms with Gasteiger partial charge in [-0.3, -0.25) is 10.2 Å². The van der Waals surface area contributed by atoms with E-state index in [2.05, 4.69) is 5.32 Å². The van der Waals surface area contributed by atoms with Crippen LogP contribution in [0, 0.1) is 11.2 Å². The lowest BCUT2D eigenvalue weighted by molar-refractivity contribution is -0.131. The zero-order chi connectivity index (χ0) is 18.4. The highest BCUT2D eigenvalue weighted by molar-refractivity contribution is 5.94. The Balaban J connectivity index is 2.12. The molecule has 1 atom stereocenters. The molecule has 0 unspecified atom stereocenters. The Hall–Kier alpha value is -2.93. The zero-order valence-corrected chi connectivity index (χ0v) is 14.0. The molecule has 2 rings (SSSR count). The molecule has 0 bridgehead atoms. The van der Waals surface area contributed by atoms with Gasteiger partial charge in [0, 0.05) is 19.2 Å². The SMILES string of the molecule is COc1cccc(F)c1[C@H](OC)C(=O)NCc1ccc(C(=N)N)cc1. The van der Waals surface area contributed by atoms with Crippen molar-refractivity contribution in [3.63, 3.8) is 0 Å². The fraction of sp³-hybridized carbons (Fsp3) is 0.222. The molecule has 0 saturated heterocycles. The van der Waals surface area contributed by atoms with E-state index in [1.54, 1.807) is 30.3 Å². The van der Waals surface area contributed by atoms with Gasteiger partial charge in [0.05, 0.1) is 12.7 Å². The molecule has 0 aliphatic heterocycles. The zero-order valence-electron chi connectivity index (χ0n) is 14.0. The Bertz CT molecular complexity index is 763. The van der Waals surface area contributed by atoms with Gasteiger partial charge in [0.15, 0.2) is 6.10 Å². The molecule has 0 saturated carbocycles. The number of halogens is 1. The van der Waals surface area contributed by atoms with Gasteiger partial charge in [-0.25, -0.2) is 4.39 Å². The fourth-order valence-electron chi connectivity index (χ4n) is 2.39. The minimum absolute atomic E-state index is 0.0262. The van der Waals surface area contributed by atoms with Crippen LogP contribution < -0.4 is 15.8 Å². The Morgan fingerprint density at radius 3 is 2.48 bits per heavy atom. The highest BCUT2D eigenvalue weighted by atomic mass is 19.1. The van der Waals surface area contributed by atoms with Crippen molar-refractivity contribution < 1.29 is 18.7 Å². The lowest BCUT2D eigenvalue weighted by Crippen LogP contribution is -2.30. The normalized spacial score (nSPS) is 11.6. The average Bonchev–Trinajstić information content (AvgIpc) is 2.62. The van der Waals surface area contributed by atoms with Crippen LogP contribution in [0.1, 0.15) is 22.8 Å². The number of nitrogens with two attached hydrogens (primary N) is 1.